The second kappa shape index (κ2) is 10.7. The number of benzene rings is 2. The highest BCUT2D eigenvalue weighted by Crippen LogP contribution is 2.25. The number of aryl methyl sites for hydroxylation is 2. The Morgan fingerprint density at radius 1 is 1.06 bits per heavy atom. The van der Waals surface area contributed by atoms with Crippen LogP contribution in [0.15, 0.2) is 82.9 Å². The van der Waals surface area contributed by atoms with Gasteiger partial charge in [0.2, 0.25) is 5.91 Å². The van der Waals surface area contributed by atoms with E-state index in [1.807, 2.05) is 69.3 Å². The Morgan fingerprint density at radius 3 is 2.56 bits per heavy atom. The van der Waals surface area contributed by atoms with Crippen LogP contribution < -0.4 is 10.9 Å². The fourth-order valence-electron chi connectivity index (χ4n) is 3.71. The van der Waals surface area contributed by atoms with E-state index in [0.29, 0.717) is 21.9 Å². The minimum absolute atomic E-state index is 0.0287. The molecule has 0 aliphatic carbocycles. The molecular formula is C27H28N4O2S. The van der Waals surface area contributed by atoms with Crippen LogP contribution in [0.4, 0.5) is 0 Å². The Hall–Kier alpha value is -3.45. The van der Waals surface area contributed by atoms with E-state index in [2.05, 4.69) is 22.4 Å². The molecule has 0 spiro atoms. The number of carbonyl (C=O) groups is 1. The van der Waals surface area contributed by atoms with Gasteiger partial charge in [0.15, 0.2) is 5.16 Å². The van der Waals surface area contributed by atoms with Gasteiger partial charge in [-0.15, -0.1) is 0 Å². The molecule has 0 aliphatic heterocycles. The van der Waals surface area contributed by atoms with Gasteiger partial charge in [0, 0.05) is 12.2 Å². The highest BCUT2D eigenvalue weighted by Gasteiger charge is 2.22. The van der Waals surface area contributed by atoms with E-state index in [-0.39, 0.29) is 17.5 Å². The van der Waals surface area contributed by atoms with Gasteiger partial charge in [0.1, 0.15) is 5.82 Å². The topological polar surface area (TPSA) is 76.9 Å². The van der Waals surface area contributed by atoms with Crippen molar-refractivity contribution in [2.24, 2.45) is 0 Å². The van der Waals surface area contributed by atoms with Gasteiger partial charge in [-0.05, 0) is 69.0 Å². The second-order valence-electron chi connectivity index (χ2n) is 8.44. The van der Waals surface area contributed by atoms with Crippen LogP contribution in [0.3, 0.4) is 0 Å². The SMILES string of the molecule is Cc1ccnc(-n2c(SC(C)C(=O)NC(C)CCc3ccccc3)nc3ccccc3c2=O)c1. The first-order valence-electron chi connectivity index (χ1n) is 11.4. The van der Waals surface area contributed by atoms with E-state index in [4.69, 9.17) is 4.98 Å². The highest BCUT2D eigenvalue weighted by molar-refractivity contribution is 8.00. The molecule has 0 fully saturated rings. The number of carbonyl (C=O) groups excluding carboxylic acids is 1. The van der Waals surface area contributed by atoms with Crippen molar-refractivity contribution in [3.63, 3.8) is 0 Å². The predicted molar refractivity (Wildman–Crippen MR) is 138 cm³/mol. The molecule has 6 nitrogen and oxygen atoms in total. The number of amides is 1. The molecule has 4 aromatic rings. The summed E-state index contributed by atoms with van der Waals surface area (Å²) in [5.74, 6) is 0.409. The molecule has 174 valence electrons. The third-order valence-electron chi connectivity index (χ3n) is 5.62. The lowest BCUT2D eigenvalue weighted by Crippen LogP contribution is -2.38. The molecule has 1 amide bonds. The van der Waals surface area contributed by atoms with Crippen LogP contribution in [-0.4, -0.2) is 31.7 Å². The van der Waals surface area contributed by atoms with Crippen molar-refractivity contribution < 1.29 is 4.79 Å². The maximum Gasteiger partial charge on any atom is 0.267 e. The molecular weight excluding hydrogens is 444 g/mol. The molecule has 0 saturated carbocycles. The number of pyridine rings is 1. The summed E-state index contributed by atoms with van der Waals surface area (Å²) in [6.07, 6.45) is 3.42. The Balaban J connectivity index is 1.55. The minimum Gasteiger partial charge on any atom is -0.353 e. The molecule has 7 heteroatoms. The maximum absolute atomic E-state index is 13.4. The fraction of sp³-hybridized carbons (Fsp3) is 0.259. The minimum atomic E-state index is -0.441. The van der Waals surface area contributed by atoms with Gasteiger partial charge in [-0.25, -0.2) is 14.5 Å². The van der Waals surface area contributed by atoms with E-state index < -0.39 is 5.25 Å². The summed E-state index contributed by atoms with van der Waals surface area (Å²) in [7, 11) is 0. The smallest absolute Gasteiger partial charge is 0.267 e. The van der Waals surface area contributed by atoms with Gasteiger partial charge >= 0.3 is 0 Å². The molecule has 34 heavy (non-hydrogen) atoms. The van der Waals surface area contributed by atoms with Crippen LogP contribution in [0.1, 0.15) is 31.4 Å². The Kier molecular flexibility index (Phi) is 7.43. The monoisotopic (exact) mass is 472 g/mol. The number of hydrogen-bond acceptors (Lipinski definition) is 5. The molecule has 2 aromatic heterocycles. The summed E-state index contributed by atoms with van der Waals surface area (Å²) in [6, 6.07) is 21.2. The molecule has 2 heterocycles. The molecule has 1 N–H and O–H groups in total. The van der Waals surface area contributed by atoms with Crippen LogP contribution in [0.25, 0.3) is 16.7 Å². The number of fused-ring (bicyclic) bond motifs is 1. The number of para-hydroxylation sites is 1. The zero-order valence-electron chi connectivity index (χ0n) is 19.6. The van der Waals surface area contributed by atoms with Gasteiger partial charge in [-0.3, -0.25) is 9.59 Å². The first-order chi connectivity index (χ1) is 16.4. The average Bonchev–Trinajstić information content (AvgIpc) is 2.83. The zero-order chi connectivity index (χ0) is 24.1. The molecule has 2 unspecified atom stereocenters. The standard InChI is InChI=1S/C27H28N4O2S/c1-18-15-16-28-24(17-18)31-26(33)22-11-7-8-12-23(22)30-27(31)34-20(3)25(32)29-19(2)13-14-21-9-5-4-6-10-21/h4-12,15-17,19-20H,13-14H2,1-3H3,(H,29,32). The van der Waals surface area contributed by atoms with Crippen LogP contribution in [0.2, 0.25) is 0 Å². The number of nitrogens with one attached hydrogen (secondary N) is 1. The van der Waals surface area contributed by atoms with E-state index in [1.54, 1.807) is 12.3 Å². The normalized spacial score (nSPS) is 12.9. The largest absolute Gasteiger partial charge is 0.353 e. The van der Waals surface area contributed by atoms with Gasteiger partial charge in [0.05, 0.1) is 16.2 Å². The summed E-state index contributed by atoms with van der Waals surface area (Å²) in [4.78, 5) is 35.5. The Labute approximate surface area is 203 Å². The van der Waals surface area contributed by atoms with E-state index in [0.717, 1.165) is 18.4 Å². The van der Waals surface area contributed by atoms with Crippen molar-refractivity contribution in [1.29, 1.82) is 0 Å². The quantitative estimate of drug-likeness (QED) is 0.297. The summed E-state index contributed by atoms with van der Waals surface area (Å²) in [5, 5.41) is 3.62. The van der Waals surface area contributed by atoms with Crippen molar-refractivity contribution in [2.75, 3.05) is 0 Å². The summed E-state index contributed by atoms with van der Waals surface area (Å²) >= 11 is 1.26. The Bertz CT molecular complexity index is 1350. The molecule has 4 rings (SSSR count). The third kappa shape index (κ3) is 5.54. The maximum atomic E-state index is 13.4. The molecule has 0 radical (unpaired) electrons. The van der Waals surface area contributed by atoms with Crippen molar-refractivity contribution >= 4 is 28.6 Å². The first-order valence-corrected chi connectivity index (χ1v) is 12.3. The summed E-state index contributed by atoms with van der Waals surface area (Å²) < 4.78 is 1.50. The molecule has 0 aliphatic rings. The fourth-order valence-corrected chi connectivity index (χ4v) is 4.63. The van der Waals surface area contributed by atoms with E-state index in [9.17, 15) is 9.59 Å². The second-order valence-corrected chi connectivity index (χ2v) is 9.75. The lowest BCUT2D eigenvalue weighted by molar-refractivity contribution is -0.120. The van der Waals surface area contributed by atoms with Crippen LogP contribution in [0.5, 0.6) is 0 Å². The van der Waals surface area contributed by atoms with Gasteiger partial charge in [0.25, 0.3) is 5.56 Å². The highest BCUT2D eigenvalue weighted by atomic mass is 32.2. The van der Waals surface area contributed by atoms with Crippen LogP contribution >= 0.6 is 11.8 Å². The summed E-state index contributed by atoms with van der Waals surface area (Å²) in [5.41, 5.74) is 2.64. The number of aromatic nitrogens is 3. The molecule has 0 saturated heterocycles. The Morgan fingerprint density at radius 2 is 1.79 bits per heavy atom. The number of nitrogens with zero attached hydrogens (tertiary/aromatic N) is 3. The lowest BCUT2D eigenvalue weighted by Gasteiger charge is -2.19. The first kappa shape index (κ1) is 23.7. The van der Waals surface area contributed by atoms with Crippen molar-refractivity contribution in [1.82, 2.24) is 19.9 Å². The number of thioether (sulfide) groups is 1. The van der Waals surface area contributed by atoms with Gasteiger partial charge in [-0.1, -0.05) is 54.2 Å². The number of rotatable bonds is 8. The molecule has 0 bridgehead atoms. The summed E-state index contributed by atoms with van der Waals surface area (Å²) in [6.45, 7) is 5.79. The van der Waals surface area contributed by atoms with Gasteiger partial charge in [-0.2, -0.15) is 0 Å². The predicted octanol–water partition coefficient (Wildman–Crippen LogP) is 4.71. The zero-order valence-corrected chi connectivity index (χ0v) is 20.4. The number of hydrogen-bond donors (Lipinski definition) is 1. The van der Waals surface area contributed by atoms with E-state index >= 15 is 0 Å². The van der Waals surface area contributed by atoms with Gasteiger partial charge < -0.3 is 5.32 Å². The third-order valence-corrected chi connectivity index (χ3v) is 6.68. The van der Waals surface area contributed by atoms with Crippen molar-refractivity contribution in [3.8, 4) is 5.82 Å². The molecule has 2 atom stereocenters. The van der Waals surface area contributed by atoms with Crippen molar-refractivity contribution in [2.45, 2.75) is 50.1 Å². The van der Waals surface area contributed by atoms with Crippen LogP contribution in [-0.2, 0) is 11.2 Å². The average molecular weight is 473 g/mol. The van der Waals surface area contributed by atoms with E-state index in [1.165, 1.54) is 21.9 Å². The lowest BCUT2D eigenvalue weighted by atomic mass is 10.1. The molecule has 2 aromatic carbocycles. The van der Waals surface area contributed by atoms with Crippen molar-refractivity contribution in [3.05, 3.63) is 94.4 Å². The van der Waals surface area contributed by atoms with Crippen LogP contribution in [0, 0.1) is 6.92 Å².